The molecular formula is C7H7BrN4O. The van der Waals surface area contributed by atoms with Gasteiger partial charge in [-0.2, -0.15) is 4.52 Å². The fourth-order valence-electron chi connectivity index (χ4n) is 1.11. The van der Waals surface area contributed by atoms with Gasteiger partial charge in [0, 0.05) is 5.69 Å². The molecule has 0 fully saturated rings. The van der Waals surface area contributed by atoms with Crippen LogP contribution in [0.5, 0.6) is 0 Å². The first-order valence-electron chi connectivity index (χ1n) is 3.62. The number of halogens is 1. The molecule has 2 rings (SSSR count). The van der Waals surface area contributed by atoms with Gasteiger partial charge >= 0.3 is 0 Å². The number of nitrogens with one attached hydrogen (secondary N) is 1. The number of rotatable bonds is 0. The molecule has 0 bridgehead atoms. The van der Waals surface area contributed by atoms with E-state index in [0.29, 0.717) is 5.65 Å². The molecule has 2 heterocycles. The van der Waals surface area contributed by atoms with Crippen molar-refractivity contribution in [3.63, 3.8) is 0 Å². The average molecular weight is 243 g/mol. The molecule has 2 aromatic rings. The average Bonchev–Trinajstić information content (AvgIpc) is 2.38. The van der Waals surface area contributed by atoms with Crippen LogP contribution in [-0.2, 0) is 0 Å². The minimum atomic E-state index is -0.279. The predicted molar refractivity (Wildman–Crippen MR) is 52.7 cm³/mol. The lowest BCUT2D eigenvalue weighted by Crippen LogP contribution is -2.18. The number of aromatic nitrogens is 3. The summed E-state index contributed by atoms with van der Waals surface area (Å²) in [4.78, 5) is 15.5. The molecule has 0 aliphatic carbocycles. The first-order valence-corrected chi connectivity index (χ1v) is 4.42. The van der Waals surface area contributed by atoms with Crippen molar-refractivity contribution in [1.82, 2.24) is 14.6 Å². The predicted octanol–water partition coefficient (Wildman–Crippen LogP) is 0.676. The van der Waals surface area contributed by atoms with Gasteiger partial charge in [-0.1, -0.05) is 0 Å². The summed E-state index contributed by atoms with van der Waals surface area (Å²) in [7, 11) is 0. The van der Waals surface area contributed by atoms with E-state index in [2.05, 4.69) is 26.0 Å². The first-order chi connectivity index (χ1) is 6.11. The van der Waals surface area contributed by atoms with E-state index in [1.165, 1.54) is 10.7 Å². The Labute approximate surface area is 81.7 Å². The van der Waals surface area contributed by atoms with Gasteiger partial charge in [-0.15, -0.1) is 0 Å². The van der Waals surface area contributed by atoms with Crippen LogP contribution < -0.4 is 11.3 Å². The summed E-state index contributed by atoms with van der Waals surface area (Å²) in [5.41, 5.74) is 6.66. The molecule has 3 N–H and O–H groups in total. The quantitative estimate of drug-likeness (QED) is 0.714. The van der Waals surface area contributed by atoms with E-state index in [9.17, 15) is 4.79 Å². The number of aryl methyl sites for hydroxylation is 1. The van der Waals surface area contributed by atoms with Gasteiger partial charge in [-0.05, 0) is 22.9 Å². The highest BCUT2D eigenvalue weighted by atomic mass is 79.9. The monoisotopic (exact) mass is 242 g/mol. The number of nitrogen functional groups attached to an aromatic ring is 1. The summed E-state index contributed by atoms with van der Waals surface area (Å²) in [6.07, 6.45) is 1.36. The Morgan fingerprint density at radius 3 is 3.08 bits per heavy atom. The van der Waals surface area contributed by atoms with Gasteiger partial charge in [0.05, 0.1) is 10.7 Å². The van der Waals surface area contributed by atoms with E-state index >= 15 is 0 Å². The number of hydrogen-bond donors (Lipinski definition) is 2. The van der Waals surface area contributed by atoms with Crippen LogP contribution in [0.3, 0.4) is 0 Å². The van der Waals surface area contributed by atoms with Crippen LogP contribution in [0.25, 0.3) is 5.65 Å². The Kier molecular flexibility index (Phi) is 1.66. The summed E-state index contributed by atoms with van der Waals surface area (Å²) >= 11 is 3.32. The smallest absolute Gasteiger partial charge is 0.295 e. The van der Waals surface area contributed by atoms with Crippen LogP contribution in [0, 0.1) is 6.92 Å². The first kappa shape index (κ1) is 8.31. The summed E-state index contributed by atoms with van der Waals surface area (Å²) < 4.78 is 2.10. The van der Waals surface area contributed by atoms with Gasteiger partial charge in [-0.25, -0.2) is 4.98 Å². The molecule has 0 aliphatic rings. The zero-order valence-corrected chi connectivity index (χ0v) is 8.42. The molecule has 6 heteroatoms. The number of nitrogens with zero attached hydrogens (tertiary/aromatic N) is 2. The molecule has 2 aromatic heterocycles. The van der Waals surface area contributed by atoms with Crippen molar-refractivity contribution in [1.29, 1.82) is 0 Å². The lowest BCUT2D eigenvalue weighted by molar-refractivity contribution is 0.884. The van der Waals surface area contributed by atoms with Crippen molar-refractivity contribution in [3.05, 3.63) is 26.7 Å². The lowest BCUT2D eigenvalue weighted by atomic mass is 10.5. The molecule has 0 saturated carbocycles. The Hall–Kier alpha value is -1.30. The van der Waals surface area contributed by atoms with E-state index in [1.54, 1.807) is 0 Å². The largest absolute Gasteiger partial charge is 0.393 e. The number of hydrogen-bond acceptors (Lipinski definition) is 3. The molecule has 5 nitrogen and oxygen atoms in total. The van der Waals surface area contributed by atoms with Gasteiger partial charge in [0.1, 0.15) is 5.69 Å². The minimum Gasteiger partial charge on any atom is -0.393 e. The van der Waals surface area contributed by atoms with Crippen LogP contribution in [0.4, 0.5) is 5.69 Å². The van der Waals surface area contributed by atoms with E-state index in [-0.39, 0.29) is 11.2 Å². The van der Waals surface area contributed by atoms with Gasteiger partial charge in [0.25, 0.3) is 5.56 Å². The van der Waals surface area contributed by atoms with Crippen molar-refractivity contribution < 1.29 is 0 Å². The Bertz CT molecular complexity index is 527. The highest BCUT2D eigenvalue weighted by Crippen LogP contribution is 2.18. The van der Waals surface area contributed by atoms with Crippen molar-refractivity contribution in [3.8, 4) is 0 Å². The standard InChI is InChI=1S/C7H7BrN4O/c1-3-5(8)6-10-2-4(9)7(13)12(6)11-3/h2,11H,9H2,1H3. The number of fused-ring (bicyclic) bond motifs is 1. The zero-order chi connectivity index (χ0) is 9.59. The van der Waals surface area contributed by atoms with Crippen molar-refractivity contribution in [2.75, 3.05) is 5.73 Å². The Balaban J connectivity index is 3.03. The van der Waals surface area contributed by atoms with E-state index in [0.717, 1.165) is 10.2 Å². The zero-order valence-electron chi connectivity index (χ0n) is 6.84. The van der Waals surface area contributed by atoms with Gasteiger partial charge in [0.15, 0.2) is 5.65 Å². The fraction of sp³-hybridized carbons (Fsp3) is 0.143. The molecule has 0 aliphatic heterocycles. The molecule has 0 amide bonds. The third-order valence-electron chi connectivity index (χ3n) is 1.79. The number of anilines is 1. The molecule has 0 atom stereocenters. The number of H-pyrrole nitrogens is 1. The van der Waals surface area contributed by atoms with Gasteiger partial charge in [-0.3, -0.25) is 9.89 Å². The van der Waals surface area contributed by atoms with Crippen molar-refractivity contribution in [2.24, 2.45) is 0 Å². The second kappa shape index (κ2) is 2.59. The number of aromatic amines is 1. The Morgan fingerprint density at radius 2 is 2.38 bits per heavy atom. The van der Waals surface area contributed by atoms with Crippen molar-refractivity contribution in [2.45, 2.75) is 6.92 Å². The number of nitrogens with two attached hydrogens (primary N) is 1. The van der Waals surface area contributed by atoms with E-state index in [4.69, 9.17) is 5.73 Å². The topological polar surface area (TPSA) is 76.2 Å². The van der Waals surface area contributed by atoms with Gasteiger partial charge in [0.2, 0.25) is 0 Å². The lowest BCUT2D eigenvalue weighted by Gasteiger charge is -1.93. The maximum atomic E-state index is 11.4. The molecule has 0 unspecified atom stereocenters. The molecule has 0 saturated heterocycles. The third kappa shape index (κ3) is 1.06. The van der Waals surface area contributed by atoms with Crippen LogP contribution in [0.1, 0.15) is 5.69 Å². The minimum absolute atomic E-state index is 0.131. The summed E-state index contributed by atoms with van der Waals surface area (Å²) in [5, 5.41) is 2.85. The SMILES string of the molecule is Cc1[nH]n2c(=O)c(N)cnc2c1Br. The molecule has 0 radical (unpaired) electrons. The van der Waals surface area contributed by atoms with Crippen LogP contribution in [0.2, 0.25) is 0 Å². The molecule has 0 spiro atoms. The maximum Gasteiger partial charge on any atom is 0.295 e. The Morgan fingerprint density at radius 1 is 1.69 bits per heavy atom. The molecular weight excluding hydrogens is 236 g/mol. The molecule has 13 heavy (non-hydrogen) atoms. The normalized spacial score (nSPS) is 10.9. The fourth-order valence-corrected chi connectivity index (χ4v) is 1.48. The molecule has 0 aromatic carbocycles. The second-order valence-electron chi connectivity index (χ2n) is 2.73. The van der Waals surface area contributed by atoms with Crippen molar-refractivity contribution >= 4 is 27.3 Å². The van der Waals surface area contributed by atoms with Crippen LogP contribution >= 0.6 is 15.9 Å². The summed E-state index contributed by atoms with van der Waals surface area (Å²) in [6, 6.07) is 0. The van der Waals surface area contributed by atoms with Crippen LogP contribution in [-0.4, -0.2) is 14.6 Å². The summed E-state index contributed by atoms with van der Waals surface area (Å²) in [5.74, 6) is 0. The van der Waals surface area contributed by atoms with Crippen LogP contribution in [0.15, 0.2) is 15.5 Å². The highest BCUT2D eigenvalue weighted by Gasteiger charge is 2.09. The van der Waals surface area contributed by atoms with Gasteiger partial charge < -0.3 is 5.73 Å². The summed E-state index contributed by atoms with van der Waals surface area (Å²) in [6.45, 7) is 1.84. The second-order valence-corrected chi connectivity index (χ2v) is 3.52. The molecule has 68 valence electrons. The third-order valence-corrected chi connectivity index (χ3v) is 2.74. The van der Waals surface area contributed by atoms with E-state index in [1.807, 2.05) is 6.92 Å². The highest BCUT2D eigenvalue weighted by molar-refractivity contribution is 9.10. The maximum absolute atomic E-state index is 11.4. The van der Waals surface area contributed by atoms with E-state index < -0.39 is 0 Å².